The van der Waals surface area contributed by atoms with Crippen LogP contribution in [0, 0.1) is 0 Å². The molecule has 0 N–H and O–H groups in total. The fraction of sp³-hybridized carbons (Fsp3) is 0.348. The average molecular weight is 429 g/mol. The molecule has 2 saturated heterocycles. The molecule has 0 aliphatic carbocycles. The van der Waals surface area contributed by atoms with E-state index in [0.29, 0.717) is 5.02 Å². The summed E-state index contributed by atoms with van der Waals surface area (Å²) in [5.74, 6) is 0.103. The van der Waals surface area contributed by atoms with Crippen molar-refractivity contribution < 1.29 is 9.53 Å². The van der Waals surface area contributed by atoms with Crippen molar-refractivity contribution in [1.82, 2.24) is 9.80 Å². The molecule has 0 radical (unpaired) electrons. The molecular formula is C23H25ClN2O2S. The van der Waals surface area contributed by atoms with E-state index in [0.717, 1.165) is 61.8 Å². The van der Waals surface area contributed by atoms with Gasteiger partial charge in [0, 0.05) is 31.2 Å². The first-order chi connectivity index (χ1) is 14.2. The number of carbonyl (C=O) groups is 1. The fourth-order valence-electron chi connectivity index (χ4n) is 3.70. The lowest BCUT2D eigenvalue weighted by molar-refractivity contribution is -0.126. The first-order valence-electron chi connectivity index (χ1n) is 10.0. The summed E-state index contributed by atoms with van der Waals surface area (Å²) >= 11 is 7.85. The van der Waals surface area contributed by atoms with Crippen LogP contribution in [0.3, 0.4) is 0 Å². The Morgan fingerprint density at radius 3 is 2.62 bits per heavy atom. The summed E-state index contributed by atoms with van der Waals surface area (Å²) in [6, 6.07) is 17.9. The number of ether oxygens (including phenoxy) is 1. The van der Waals surface area contributed by atoms with Gasteiger partial charge in [0.15, 0.2) is 0 Å². The number of rotatable bonds is 6. The van der Waals surface area contributed by atoms with Gasteiger partial charge >= 0.3 is 0 Å². The summed E-state index contributed by atoms with van der Waals surface area (Å²) in [4.78, 5) is 18.4. The van der Waals surface area contributed by atoms with Gasteiger partial charge in [-0.15, -0.1) is 0 Å². The highest BCUT2D eigenvalue weighted by Crippen LogP contribution is 2.46. The van der Waals surface area contributed by atoms with E-state index in [4.69, 9.17) is 16.3 Å². The summed E-state index contributed by atoms with van der Waals surface area (Å²) in [5.41, 5.74) is 2.11. The van der Waals surface area contributed by atoms with Crippen molar-refractivity contribution >= 4 is 35.3 Å². The molecule has 4 nitrogen and oxygen atoms in total. The summed E-state index contributed by atoms with van der Waals surface area (Å²) in [7, 11) is 0. The van der Waals surface area contributed by atoms with Gasteiger partial charge in [-0.3, -0.25) is 9.69 Å². The maximum atomic E-state index is 13.2. The number of hydrogen-bond donors (Lipinski definition) is 0. The highest BCUT2D eigenvalue weighted by atomic mass is 35.5. The standard InChI is InChI=1S/C23H25ClN2O2S/c24-20-9-4-8-19(17-20)23-26(11-5-10-25-12-14-28-15-13-25)22(27)21(29-23)16-18-6-2-1-3-7-18/h1-4,6-9,16-17,23H,5,10-15H2. The first kappa shape index (κ1) is 20.5. The van der Waals surface area contributed by atoms with Crippen LogP contribution in [0.4, 0.5) is 0 Å². The third kappa shape index (κ3) is 5.23. The van der Waals surface area contributed by atoms with Crippen LogP contribution in [-0.4, -0.2) is 55.1 Å². The Balaban J connectivity index is 1.51. The van der Waals surface area contributed by atoms with Gasteiger partial charge in [-0.25, -0.2) is 0 Å². The van der Waals surface area contributed by atoms with Crippen LogP contribution in [0.2, 0.25) is 5.02 Å². The highest BCUT2D eigenvalue weighted by molar-refractivity contribution is 8.04. The van der Waals surface area contributed by atoms with E-state index < -0.39 is 0 Å². The van der Waals surface area contributed by atoms with Crippen LogP contribution >= 0.6 is 23.4 Å². The van der Waals surface area contributed by atoms with Gasteiger partial charge in [0.1, 0.15) is 5.37 Å². The smallest absolute Gasteiger partial charge is 0.261 e. The summed E-state index contributed by atoms with van der Waals surface area (Å²) in [5, 5.41) is 0.658. The predicted octanol–water partition coefficient (Wildman–Crippen LogP) is 4.68. The molecule has 2 heterocycles. The average Bonchev–Trinajstić information content (AvgIpc) is 3.05. The van der Waals surface area contributed by atoms with Gasteiger partial charge in [0.2, 0.25) is 0 Å². The van der Waals surface area contributed by atoms with Crippen molar-refractivity contribution in [1.29, 1.82) is 0 Å². The molecule has 2 aliphatic rings. The molecule has 0 saturated carbocycles. The second kappa shape index (κ2) is 9.81. The van der Waals surface area contributed by atoms with Crippen LogP contribution in [0.1, 0.15) is 22.9 Å². The number of thioether (sulfide) groups is 1. The third-order valence-electron chi connectivity index (χ3n) is 5.20. The molecule has 152 valence electrons. The number of halogens is 1. The van der Waals surface area contributed by atoms with E-state index in [1.54, 1.807) is 11.8 Å². The van der Waals surface area contributed by atoms with E-state index >= 15 is 0 Å². The van der Waals surface area contributed by atoms with Crippen LogP contribution in [0.25, 0.3) is 6.08 Å². The van der Waals surface area contributed by atoms with Gasteiger partial charge < -0.3 is 9.64 Å². The number of amides is 1. The van der Waals surface area contributed by atoms with Crippen molar-refractivity contribution in [2.75, 3.05) is 39.4 Å². The number of morpholine rings is 1. The predicted molar refractivity (Wildman–Crippen MR) is 120 cm³/mol. The lowest BCUT2D eigenvalue weighted by Gasteiger charge is -2.28. The maximum Gasteiger partial charge on any atom is 0.261 e. The number of nitrogens with zero attached hydrogens (tertiary/aromatic N) is 2. The van der Waals surface area contributed by atoms with Gasteiger partial charge in [-0.05, 0) is 35.8 Å². The monoisotopic (exact) mass is 428 g/mol. The highest BCUT2D eigenvalue weighted by Gasteiger charge is 2.36. The molecule has 0 bridgehead atoms. The first-order valence-corrected chi connectivity index (χ1v) is 11.3. The summed E-state index contributed by atoms with van der Waals surface area (Å²) in [6.07, 6.45) is 2.94. The zero-order chi connectivity index (χ0) is 20.1. The Kier molecular flexibility index (Phi) is 6.93. The Morgan fingerprint density at radius 2 is 1.86 bits per heavy atom. The van der Waals surface area contributed by atoms with Gasteiger partial charge in [-0.2, -0.15) is 0 Å². The molecule has 2 aromatic rings. The zero-order valence-electron chi connectivity index (χ0n) is 16.3. The lowest BCUT2D eigenvalue weighted by Crippen LogP contribution is -2.38. The Labute approximate surface area is 181 Å². The molecule has 0 spiro atoms. The van der Waals surface area contributed by atoms with E-state index in [1.165, 1.54) is 0 Å². The van der Waals surface area contributed by atoms with Gasteiger partial charge in [0.05, 0.1) is 18.1 Å². The molecule has 6 heteroatoms. The SMILES string of the molecule is O=C1C(=Cc2ccccc2)SC(c2cccc(Cl)c2)N1CCCN1CCOCC1. The van der Waals surface area contributed by atoms with Crippen molar-refractivity contribution in [3.8, 4) is 0 Å². The van der Waals surface area contributed by atoms with Crippen molar-refractivity contribution in [2.45, 2.75) is 11.8 Å². The number of benzene rings is 2. The molecule has 2 fully saturated rings. The summed E-state index contributed by atoms with van der Waals surface area (Å²) < 4.78 is 5.42. The Hall–Kier alpha value is -1.79. The molecular weight excluding hydrogens is 404 g/mol. The molecule has 1 unspecified atom stereocenters. The van der Waals surface area contributed by atoms with Crippen LogP contribution in [-0.2, 0) is 9.53 Å². The van der Waals surface area contributed by atoms with Crippen molar-refractivity contribution in [3.05, 3.63) is 75.7 Å². The second-order valence-corrected chi connectivity index (χ2v) is 8.81. The second-order valence-electron chi connectivity index (χ2n) is 7.25. The minimum atomic E-state index is -0.0409. The molecule has 0 aromatic heterocycles. The van der Waals surface area contributed by atoms with Crippen LogP contribution < -0.4 is 0 Å². The third-order valence-corrected chi connectivity index (χ3v) is 6.73. The largest absolute Gasteiger partial charge is 0.379 e. The fourth-order valence-corrected chi connectivity index (χ4v) is 5.17. The molecule has 1 atom stereocenters. The van der Waals surface area contributed by atoms with E-state index in [9.17, 15) is 4.79 Å². The molecule has 29 heavy (non-hydrogen) atoms. The lowest BCUT2D eigenvalue weighted by atomic mass is 10.2. The van der Waals surface area contributed by atoms with E-state index in [2.05, 4.69) is 11.0 Å². The van der Waals surface area contributed by atoms with Gasteiger partial charge in [0.25, 0.3) is 5.91 Å². The van der Waals surface area contributed by atoms with Crippen LogP contribution in [0.15, 0.2) is 59.5 Å². The van der Waals surface area contributed by atoms with Crippen LogP contribution in [0.5, 0.6) is 0 Å². The van der Waals surface area contributed by atoms with E-state index in [1.807, 2.05) is 59.5 Å². The molecule has 4 rings (SSSR count). The van der Waals surface area contributed by atoms with Crippen molar-refractivity contribution in [2.24, 2.45) is 0 Å². The minimum absolute atomic E-state index is 0.0409. The Bertz CT molecular complexity index is 868. The molecule has 2 aliphatic heterocycles. The topological polar surface area (TPSA) is 32.8 Å². The van der Waals surface area contributed by atoms with Crippen molar-refractivity contribution in [3.63, 3.8) is 0 Å². The van der Waals surface area contributed by atoms with E-state index in [-0.39, 0.29) is 11.3 Å². The summed E-state index contributed by atoms with van der Waals surface area (Å²) in [6.45, 7) is 5.25. The normalized spacial score (nSPS) is 21.8. The number of hydrogen-bond acceptors (Lipinski definition) is 4. The molecule has 1 amide bonds. The number of carbonyl (C=O) groups excluding carboxylic acids is 1. The quantitative estimate of drug-likeness (QED) is 0.625. The zero-order valence-corrected chi connectivity index (χ0v) is 17.9. The minimum Gasteiger partial charge on any atom is -0.379 e. The maximum absolute atomic E-state index is 13.2. The van der Waals surface area contributed by atoms with Gasteiger partial charge in [-0.1, -0.05) is 65.8 Å². The Morgan fingerprint density at radius 1 is 1.07 bits per heavy atom. The molecule has 2 aromatic carbocycles.